The lowest BCUT2D eigenvalue weighted by atomic mass is 9.94. The molecule has 21 heavy (non-hydrogen) atoms. The van der Waals surface area contributed by atoms with E-state index < -0.39 is 0 Å². The van der Waals surface area contributed by atoms with Crippen LogP contribution in [0.4, 0.5) is 5.69 Å². The van der Waals surface area contributed by atoms with Gasteiger partial charge in [-0.1, -0.05) is 13.3 Å². The molecular formula is C16H24N2O3. The summed E-state index contributed by atoms with van der Waals surface area (Å²) in [5.41, 5.74) is 6.91. The van der Waals surface area contributed by atoms with Crippen molar-refractivity contribution in [3.05, 3.63) is 17.7 Å². The van der Waals surface area contributed by atoms with E-state index in [0.717, 1.165) is 31.8 Å². The van der Waals surface area contributed by atoms with Gasteiger partial charge < -0.3 is 20.1 Å². The Kier molecular flexibility index (Phi) is 4.94. The van der Waals surface area contributed by atoms with Crippen LogP contribution in [0.25, 0.3) is 0 Å². The Morgan fingerprint density at radius 1 is 1.24 bits per heavy atom. The van der Waals surface area contributed by atoms with Crippen LogP contribution in [-0.4, -0.2) is 38.1 Å². The predicted molar refractivity (Wildman–Crippen MR) is 82.9 cm³/mol. The Morgan fingerprint density at radius 2 is 1.81 bits per heavy atom. The highest BCUT2D eigenvalue weighted by Crippen LogP contribution is 2.33. The zero-order valence-electron chi connectivity index (χ0n) is 13.0. The minimum Gasteiger partial charge on any atom is -0.493 e. The van der Waals surface area contributed by atoms with E-state index in [1.807, 2.05) is 4.90 Å². The fourth-order valence-electron chi connectivity index (χ4n) is 2.79. The lowest BCUT2D eigenvalue weighted by molar-refractivity contribution is 0.0689. The van der Waals surface area contributed by atoms with Crippen molar-refractivity contribution in [3.63, 3.8) is 0 Å². The fraction of sp³-hybridized carbons (Fsp3) is 0.562. The first-order valence-electron chi connectivity index (χ1n) is 7.41. The Balaban J connectivity index is 2.19. The van der Waals surface area contributed by atoms with Crippen LogP contribution < -0.4 is 15.2 Å². The van der Waals surface area contributed by atoms with E-state index in [2.05, 4.69) is 6.92 Å². The van der Waals surface area contributed by atoms with E-state index >= 15 is 0 Å². The Morgan fingerprint density at radius 3 is 2.33 bits per heavy atom. The third-order valence-electron chi connectivity index (χ3n) is 4.27. The van der Waals surface area contributed by atoms with Crippen molar-refractivity contribution in [2.75, 3.05) is 33.0 Å². The molecular weight excluding hydrogens is 268 g/mol. The van der Waals surface area contributed by atoms with Gasteiger partial charge in [-0.15, -0.1) is 0 Å². The predicted octanol–water partition coefficient (Wildman–Crippen LogP) is 2.55. The van der Waals surface area contributed by atoms with Gasteiger partial charge in [0.2, 0.25) is 0 Å². The molecule has 0 aromatic heterocycles. The first-order valence-corrected chi connectivity index (χ1v) is 7.41. The van der Waals surface area contributed by atoms with Crippen molar-refractivity contribution in [2.24, 2.45) is 5.92 Å². The molecule has 0 bridgehead atoms. The average Bonchev–Trinajstić information content (AvgIpc) is 2.54. The van der Waals surface area contributed by atoms with E-state index in [-0.39, 0.29) is 5.91 Å². The highest BCUT2D eigenvalue weighted by Gasteiger charge is 2.25. The molecule has 0 spiro atoms. The number of rotatable bonds is 4. The van der Waals surface area contributed by atoms with Crippen LogP contribution >= 0.6 is 0 Å². The number of carbonyl (C=O) groups excluding carboxylic acids is 1. The smallest absolute Gasteiger partial charge is 0.256 e. The van der Waals surface area contributed by atoms with E-state index in [4.69, 9.17) is 15.2 Å². The van der Waals surface area contributed by atoms with Crippen molar-refractivity contribution in [3.8, 4) is 11.5 Å². The van der Waals surface area contributed by atoms with Gasteiger partial charge in [0.25, 0.3) is 5.91 Å². The number of anilines is 1. The molecule has 0 aliphatic carbocycles. The van der Waals surface area contributed by atoms with E-state index in [1.165, 1.54) is 6.42 Å². The van der Waals surface area contributed by atoms with Gasteiger partial charge in [0.15, 0.2) is 11.5 Å². The molecule has 0 saturated carbocycles. The second-order valence-corrected chi connectivity index (χ2v) is 5.44. The number of methoxy groups -OCH3 is 2. The molecule has 1 aliphatic heterocycles. The summed E-state index contributed by atoms with van der Waals surface area (Å²) in [6.45, 7) is 3.80. The summed E-state index contributed by atoms with van der Waals surface area (Å²) in [7, 11) is 3.10. The summed E-state index contributed by atoms with van der Waals surface area (Å²) in [5, 5.41) is 0. The summed E-state index contributed by atoms with van der Waals surface area (Å²) in [4.78, 5) is 14.5. The van der Waals surface area contributed by atoms with Crippen LogP contribution in [0.3, 0.4) is 0 Å². The van der Waals surface area contributed by atoms with Crippen molar-refractivity contribution < 1.29 is 14.3 Å². The van der Waals surface area contributed by atoms with E-state index in [0.29, 0.717) is 22.7 Å². The van der Waals surface area contributed by atoms with Gasteiger partial charge in [-0.3, -0.25) is 4.79 Å². The van der Waals surface area contributed by atoms with Crippen LogP contribution in [-0.2, 0) is 0 Å². The molecule has 1 amide bonds. The van der Waals surface area contributed by atoms with Gasteiger partial charge in [0, 0.05) is 24.8 Å². The summed E-state index contributed by atoms with van der Waals surface area (Å²) in [6.07, 6.45) is 3.31. The van der Waals surface area contributed by atoms with Gasteiger partial charge in [0.1, 0.15) is 0 Å². The van der Waals surface area contributed by atoms with E-state index in [1.54, 1.807) is 26.4 Å². The zero-order valence-corrected chi connectivity index (χ0v) is 13.0. The van der Waals surface area contributed by atoms with Crippen molar-refractivity contribution in [1.29, 1.82) is 0 Å². The molecule has 0 unspecified atom stereocenters. The third kappa shape index (κ3) is 3.23. The molecule has 1 fully saturated rings. The van der Waals surface area contributed by atoms with Crippen LogP contribution in [0.2, 0.25) is 0 Å². The maximum absolute atomic E-state index is 12.6. The maximum Gasteiger partial charge on any atom is 0.256 e. The summed E-state index contributed by atoms with van der Waals surface area (Å²) in [5.74, 6) is 1.77. The van der Waals surface area contributed by atoms with Gasteiger partial charge in [0.05, 0.1) is 19.8 Å². The third-order valence-corrected chi connectivity index (χ3v) is 4.27. The van der Waals surface area contributed by atoms with Gasteiger partial charge in [-0.05, 0) is 24.8 Å². The number of hydrogen-bond donors (Lipinski definition) is 1. The number of carbonyl (C=O) groups is 1. The molecule has 1 aromatic carbocycles. The number of benzene rings is 1. The Bertz CT molecular complexity index is 508. The van der Waals surface area contributed by atoms with E-state index in [9.17, 15) is 4.79 Å². The monoisotopic (exact) mass is 292 g/mol. The molecule has 1 heterocycles. The summed E-state index contributed by atoms with van der Waals surface area (Å²) < 4.78 is 10.4. The number of nitrogen functional groups attached to an aromatic ring is 1. The largest absolute Gasteiger partial charge is 0.493 e. The number of nitrogens with zero attached hydrogens (tertiary/aromatic N) is 1. The number of nitrogens with two attached hydrogens (primary N) is 1. The van der Waals surface area contributed by atoms with Crippen LogP contribution in [0.5, 0.6) is 11.5 Å². The molecule has 116 valence electrons. The van der Waals surface area contributed by atoms with Gasteiger partial charge in [-0.2, -0.15) is 0 Å². The SMILES string of the molecule is CCC1CCN(C(=O)c2cc(OC)c(OC)cc2N)CC1. The maximum atomic E-state index is 12.6. The number of ether oxygens (including phenoxy) is 2. The second-order valence-electron chi connectivity index (χ2n) is 5.44. The van der Waals surface area contributed by atoms with Gasteiger partial charge >= 0.3 is 0 Å². The summed E-state index contributed by atoms with van der Waals surface area (Å²) >= 11 is 0. The minimum atomic E-state index is -0.0250. The first-order chi connectivity index (χ1) is 10.1. The minimum absolute atomic E-state index is 0.0250. The molecule has 2 rings (SSSR count). The number of likely N-dealkylation sites (tertiary alicyclic amines) is 1. The van der Waals surface area contributed by atoms with Crippen LogP contribution in [0, 0.1) is 5.92 Å². The quantitative estimate of drug-likeness (QED) is 0.866. The molecule has 5 nitrogen and oxygen atoms in total. The average molecular weight is 292 g/mol. The fourth-order valence-corrected chi connectivity index (χ4v) is 2.79. The number of amides is 1. The lowest BCUT2D eigenvalue weighted by Crippen LogP contribution is -2.38. The molecule has 0 radical (unpaired) electrons. The zero-order chi connectivity index (χ0) is 15.4. The number of piperidine rings is 1. The highest BCUT2D eigenvalue weighted by atomic mass is 16.5. The van der Waals surface area contributed by atoms with Crippen molar-refractivity contribution >= 4 is 11.6 Å². The first kappa shape index (κ1) is 15.5. The second kappa shape index (κ2) is 6.70. The van der Waals surface area contributed by atoms with Crippen molar-refractivity contribution in [1.82, 2.24) is 4.90 Å². The molecule has 1 saturated heterocycles. The van der Waals surface area contributed by atoms with Crippen LogP contribution in [0.1, 0.15) is 36.5 Å². The normalized spacial score (nSPS) is 15.9. The molecule has 2 N–H and O–H groups in total. The lowest BCUT2D eigenvalue weighted by Gasteiger charge is -2.32. The molecule has 1 aliphatic rings. The van der Waals surface area contributed by atoms with Crippen molar-refractivity contribution in [2.45, 2.75) is 26.2 Å². The Labute approximate surface area is 126 Å². The molecule has 1 aromatic rings. The topological polar surface area (TPSA) is 64.8 Å². The summed E-state index contributed by atoms with van der Waals surface area (Å²) in [6, 6.07) is 3.31. The standard InChI is InChI=1S/C16H24N2O3/c1-4-11-5-7-18(8-6-11)16(19)12-9-14(20-2)15(21-3)10-13(12)17/h9-11H,4-8,17H2,1-3H3. The molecule has 0 atom stereocenters. The van der Waals surface area contributed by atoms with Gasteiger partial charge in [-0.25, -0.2) is 0 Å². The number of hydrogen-bond acceptors (Lipinski definition) is 4. The highest BCUT2D eigenvalue weighted by molar-refractivity contribution is 6.00. The Hall–Kier alpha value is -1.91. The van der Waals surface area contributed by atoms with Crippen LogP contribution in [0.15, 0.2) is 12.1 Å². The molecule has 5 heteroatoms.